The number of anilines is 1. The molecule has 3 aromatic rings. The van der Waals surface area contributed by atoms with Gasteiger partial charge in [-0.1, -0.05) is 36.0 Å². The average Bonchev–Trinajstić information content (AvgIpc) is 3.43. The number of carbonyl (C=O) groups excluding carboxylic acids is 2. The maximum Gasteiger partial charge on any atom is 0.227 e. The summed E-state index contributed by atoms with van der Waals surface area (Å²) < 4.78 is 7.44. The van der Waals surface area contributed by atoms with Gasteiger partial charge in [0, 0.05) is 30.8 Å². The summed E-state index contributed by atoms with van der Waals surface area (Å²) >= 11 is 1.36. The first-order chi connectivity index (χ1) is 15.1. The lowest BCUT2D eigenvalue weighted by atomic mass is 10.1. The van der Waals surface area contributed by atoms with E-state index in [0.717, 1.165) is 23.4 Å². The van der Waals surface area contributed by atoms with Gasteiger partial charge in [0.05, 0.1) is 18.4 Å². The second kappa shape index (κ2) is 9.34. The molecule has 160 valence electrons. The Bertz CT molecular complexity index is 1110. The van der Waals surface area contributed by atoms with E-state index in [1.807, 2.05) is 47.9 Å². The minimum atomic E-state index is -0.0111. The molecular formula is C23H24N4O3S. The van der Waals surface area contributed by atoms with E-state index in [-0.39, 0.29) is 17.4 Å². The Morgan fingerprint density at radius 2 is 2.00 bits per heavy atom. The number of hydrogen-bond donors (Lipinski definition) is 0. The molecule has 2 aromatic carbocycles. The Balaban J connectivity index is 1.50. The van der Waals surface area contributed by atoms with Crippen LogP contribution in [0.25, 0.3) is 11.4 Å². The van der Waals surface area contributed by atoms with Crippen LogP contribution in [0, 0.1) is 0 Å². The second-order valence-electron chi connectivity index (χ2n) is 7.16. The van der Waals surface area contributed by atoms with Crippen LogP contribution in [0.3, 0.4) is 0 Å². The lowest BCUT2D eigenvalue weighted by Gasteiger charge is -2.16. The van der Waals surface area contributed by atoms with E-state index in [9.17, 15) is 9.59 Å². The fourth-order valence-corrected chi connectivity index (χ4v) is 4.59. The summed E-state index contributed by atoms with van der Waals surface area (Å²) in [6.07, 6.45) is 1.42. The third-order valence-corrected chi connectivity index (χ3v) is 6.23. The van der Waals surface area contributed by atoms with Crippen molar-refractivity contribution in [2.75, 3.05) is 24.3 Å². The van der Waals surface area contributed by atoms with Crippen molar-refractivity contribution in [1.82, 2.24) is 14.8 Å². The maximum atomic E-state index is 12.8. The number of para-hydroxylation sites is 1. The molecule has 7 nitrogen and oxygen atoms in total. The number of rotatable bonds is 8. The van der Waals surface area contributed by atoms with Gasteiger partial charge in [0.25, 0.3) is 0 Å². The zero-order valence-electron chi connectivity index (χ0n) is 17.6. The van der Waals surface area contributed by atoms with Gasteiger partial charge in [-0.3, -0.25) is 9.59 Å². The van der Waals surface area contributed by atoms with Crippen LogP contribution in [-0.2, 0) is 11.3 Å². The number of carbonyl (C=O) groups is 2. The molecule has 1 saturated heterocycles. The summed E-state index contributed by atoms with van der Waals surface area (Å²) in [6, 6.07) is 15.0. The number of amides is 1. The van der Waals surface area contributed by atoms with Crippen LogP contribution < -0.4 is 9.64 Å². The van der Waals surface area contributed by atoms with E-state index in [1.165, 1.54) is 11.8 Å². The third-order valence-electron chi connectivity index (χ3n) is 5.27. The molecular weight excluding hydrogens is 412 g/mol. The smallest absolute Gasteiger partial charge is 0.227 e. The number of ketones is 1. The third kappa shape index (κ3) is 4.34. The first-order valence-corrected chi connectivity index (χ1v) is 11.2. The molecule has 1 aliphatic rings. The summed E-state index contributed by atoms with van der Waals surface area (Å²) in [6.45, 7) is 3.39. The molecule has 2 heterocycles. The molecule has 1 fully saturated rings. The molecule has 0 unspecified atom stereocenters. The quantitative estimate of drug-likeness (QED) is 0.391. The van der Waals surface area contributed by atoms with Crippen molar-refractivity contribution < 1.29 is 14.3 Å². The van der Waals surface area contributed by atoms with Crippen molar-refractivity contribution in [1.29, 1.82) is 0 Å². The monoisotopic (exact) mass is 436 g/mol. The van der Waals surface area contributed by atoms with Crippen molar-refractivity contribution in [3.8, 4) is 17.1 Å². The fourth-order valence-electron chi connectivity index (χ4n) is 3.69. The Morgan fingerprint density at radius 1 is 1.16 bits per heavy atom. The van der Waals surface area contributed by atoms with Gasteiger partial charge in [0.15, 0.2) is 16.8 Å². The number of hydrogen-bond acceptors (Lipinski definition) is 6. The van der Waals surface area contributed by atoms with E-state index in [4.69, 9.17) is 4.74 Å². The van der Waals surface area contributed by atoms with E-state index >= 15 is 0 Å². The van der Waals surface area contributed by atoms with Gasteiger partial charge in [-0.05, 0) is 37.6 Å². The van der Waals surface area contributed by atoms with E-state index < -0.39 is 0 Å². The standard InChI is InChI=1S/C23H24N4O3S/c1-3-26-22(18-10-4-5-11-20(18)30-2)24-25-23(26)31-15-19(28)16-8-6-9-17(14-16)27-13-7-12-21(27)29/h4-6,8-11,14H,3,7,12-13,15H2,1-2H3. The Morgan fingerprint density at radius 3 is 2.74 bits per heavy atom. The minimum Gasteiger partial charge on any atom is -0.496 e. The van der Waals surface area contributed by atoms with Crippen molar-refractivity contribution in [3.63, 3.8) is 0 Å². The molecule has 1 aliphatic heterocycles. The van der Waals surface area contributed by atoms with E-state index in [2.05, 4.69) is 10.2 Å². The molecule has 0 N–H and O–H groups in total. The topological polar surface area (TPSA) is 77.3 Å². The molecule has 0 atom stereocenters. The van der Waals surface area contributed by atoms with Gasteiger partial charge in [-0.25, -0.2) is 0 Å². The molecule has 0 spiro atoms. The molecule has 0 saturated carbocycles. The summed E-state index contributed by atoms with van der Waals surface area (Å²) in [5.74, 6) is 1.78. The number of aromatic nitrogens is 3. The lowest BCUT2D eigenvalue weighted by Crippen LogP contribution is -2.23. The zero-order valence-corrected chi connectivity index (χ0v) is 18.4. The summed E-state index contributed by atoms with van der Waals surface area (Å²) in [4.78, 5) is 26.6. The molecule has 8 heteroatoms. The van der Waals surface area contributed by atoms with Crippen molar-refractivity contribution in [2.45, 2.75) is 31.5 Å². The number of thioether (sulfide) groups is 1. The normalized spacial score (nSPS) is 13.6. The minimum absolute atomic E-state index is 0.0111. The van der Waals surface area contributed by atoms with Gasteiger partial charge in [-0.15, -0.1) is 10.2 Å². The van der Waals surface area contributed by atoms with Gasteiger partial charge in [-0.2, -0.15) is 0 Å². The maximum absolute atomic E-state index is 12.8. The van der Waals surface area contributed by atoms with Crippen LogP contribution in [0.15, 0.2) is 53.7 Å². The van der Waals surface area contributed by atoms with Crippen LogP contribution in [0.4, 0.5) is 5.69 Å². The molecule has 4 rings (SSSR count). The number of methoxy groups -OCH3 is 1. The van der Waals surface area contributed by atoms with E-state index in [1.54, 1.807) is 24.1 Å². The van der Waals surface area contributed by atoms with Gasteiger partial charge >= 0.3 is 0 Å². The lowest BCUT2D eigenvalue weighted by molar-refractivity contribution is -0.117. The average molecular weight is 437 g/mol. The highest BCUT2D eigenvalue weighted by Gasteiger charge is 2.23. The van der Waals surface area contributed by atoms with Crippen LogP contribution in [0.5, 0.6) is 5.75 Å². The molecule has 1 aromatic heterocycles. The van der Waals surface area contributed by atoms with Gasteiger partial charge in [0.1, 0.15) is 5.75 Å². The number of benzene rings is 2. The van der Waals surface area contributed by atoms with Crippen LogP contribution >= 0.6 is 11.8 Å². The highest BCUT2D eigenvalue weighted by Crippen LogP contribution is 2.31. The predicted octanol–water partition coefficient (Wildman–Crippen LogP) is 4.08. The van der Waals surface area contributed by atoms with Gasteiger partial charge in [0.2, 0.25) is 5.91 Å². The highest BCUT2D eigenvalue weighted by atomic mass is 32.2. The Hall–Kier alpha value is -3.13. The highest BCUT2D eigenvalue weighted by molar-refractivity contribution is 7.99. The molecule has 0 radical (unpaired) electrons. The van der Waals surface area contributed by atoms with Crippen LogP contribution in [0.2, 0.25) is 0 Å². The molecule has 0 bridgehead atoms. The largest absolute Gasteiger partial charge is 0.496 e. The first-order valence-electron chi connectivity index (χ1n) is 10.3. The van der Waals surface area contributed by atoms with E-state index in [0.29, 0.717) is 36.1 Å². The first kappa shape index (κ1) is 21.1. The number of ether oxygens (including phenoxy) is 1. The fraction of sp³-hybridized carbons (Fsp3) is 0.304. The van der Waals surface area contributed by atoms with Crippen molar-refractivity contribution in [2.24, 2.45) is 0 Å². The predicted molar refractivity (Wildman–Crippen MR) is 121 cm³/mol. The Kier molecular flexibility index (Phi) is 6.36. The SMILES string of the molecule is CCn1c(SCC(=O)c2cccc(N3CCCC3=O)c2)nnc1-c1ccccc1OC. The number of Topliss-reactive ketones (excluding diaryl/α,β-unsaturated/α-hetero) is 1. The van der Waals surface area contributed by atoms with Crippen molar-refractivity contribution in [3.05, 3.63) is 54.1 Å². The summed E-state index contributed by atoms with van der Waals surface area (Å²) in [7, 11) is 1.63. The zero-order chi connectivity index (χ0) is 21.8. The number of nitrogens with zero attached hydrogens (tertiary/aromatic N) is 4. The molecule has 0 aliphatic carbocycles. The summed E-state index contributed by atoms with van der Waals surface area (Å²) in [5.41, 5.74) is 2.24. The van der Waals surface area contributed by atoms with Crippen LogP contribution in [0.1, 0.15) is 30.1 Å². The Labute approximate surface area is 185 Å². The van der Waals surface area contributed by atoms with Crippen molar-refractivity contribution >= 4 is 29.1 Å². The molecule has 31 heavy (non-hydrogen) atoms. The second-order valence-corrected chi connectivity index (χ2v) is 8.10. The summed E-state index contributed by atoms with van der Waals surface area (Å²) in [5, 5.41) is 9.34. The van der Waals surface area contributed by atoms with Gasteiger partial charge < -0.3 is 14.2 Å². The van der Waals surface area contributed by atoms with Crippen LogP contribution in [-0.4, -0.2) is 45.9 Å². The molecule has 1 amide bonds.